The Kier molecular flexibility index (Phi) is 8.25. The third-order valence-electron chi connectivity index (χ3n) is 12.8. The molecule has 0 radical (unpaired) electrons. The Hall–Kier alpha value is -7.89. The van der Waals surface area contributed by atoms with Crippen LogP contribution in [0, 0.1) is 6.92 Å². The van der Waals surface area contributed by atoms with Crippen LogP contribution in [0.4, 0.5) is 13.2 Å². The Labute approximate surface area is 361 Å². The maximum Gasteiger partial charge on any atom is 0.416 e. The first-order valence-electron chi connectivity index (χ1n) is 21.2. The summed E-state index contributed by atoms with van der Waals surface area (Å²) in [4.78, 5) is 0. The number of hydrogen-bond donors (Lipinski definition) is 0. The number of rotatable bonds is 5. The van der Waals surface area contributed by atoms with E-state index in [1.807, 2.05) is 25.1 Å². The van der Waals surface area contributed by atoms with Crippen molar-refractivity contribution in [2.24, 2.45) is 0 Å². The Balaban J connectivity index is 0.940. The van der Waals surface area contributed by atoms with Crippen molar-refractivity contribution in [3.05, 3.63) is 217 Å². The minimum Gasteiger partial charge on any atom is -0.309 e. The van der Waals surface area contributed by atoms with Gasteiger partial charge in [0.1, 0.15) is 0 Å². The minimum absolute atomic E-state index is 0.587. The van der Waals surface area contributed by atoms with Crippen molar-refractivity contribution in [2.45, 2.75) is 13.1 Å². The molecule has 0 spiro atoms. The lowest BCUT2D eigenvalue weighted by molar-refractivity contribution is -0.137. The van der Waals surface area contributed by atoms with E-state index >= 15 is 0 Å². The molecule has 0 fully saturated rings. The van der Waals surface area contributed by atoms with E-state index < -0.39 is 11.7 Å². The summed E-state index contributed by atoms with van der Waals surface area (Å²) in [5.74, 6) is 0. The van der Waals surface area contributed by atoms with Crippen LogP contribution in [0.2, 0.25) is 0 Å². The number of nitrogens with zero attached hydrogens (tertiary/aromatic N) is 2. The summed E-state index contributed by atoms with van der Waals surface area (Å²) < 4.78 is 45.8. The first-order chi connectivity index (χ1) is 30.8. The van der Waals surface area contributed by atoms with Gasteiger partial charge in [-0.3, -0.25) is 0 Å². The highest BCUT2D eigenvalue weighted by Crippen LogP contribution is 2.44. The van der Waals surface area contributed by atoms with Gasteiger partial charge in [-0.05, 0) is 135 Å². The number of hydrogen-bond acceptors (Lipinski definition) is 0. The molecule has 0 unspecified atom stereocenters. The summed E-state index contributed by atoms with van der Waals surface area (Å²) in [6.07, 6.45) is -4.42. The summed E-state index contributed by atoms with van der Waals surface area (Å²) in [5, 5.41) is 8.64. The zero-order chi connectivity index (χ0) is 42.4. The van der Waals surface area contributed by atoms with E-state index in [0.29, 0.717) is 5.39 Å². The fraction of sp³-hybridized carbons (Fsp3) is 0.0345. The number of benzene rings is 10. The molecule has 2 aromatic heterocycles. The van der Waals surface area contributed by atoms with Gasteiger partial charge in [0.2, 0.25) is 0 Å². The molecule has 2 nitrogen and oxygen atoms in total. The highest BCUT2D eigenvalue weighted by atomic mass is 19.4. The molecule has 0 N–H and O–H groups in total. The maximum atomic E-state index is 13.8. The lowest BCUT2D eigenvalue weighted by Gasteiger charge is -2.18. The van der Waals surface area contributed by atoms with Crippen LogP contribution in [0.1, 0.15) is 11.1 Å². The van der Waals surface area contributed by atoms with Gasteiger partial charge in [0.15, 0.2) is 0 Å². The number of para-hydroxylation sites is 1. The molecule has 5 heteroatoms. The predicted octanol–water partition coefficient (Wildman–Crippen LogP) is 16.5. The summed E-state index contributed by atoms with van der Waals surface area (Å²) in [6.45, 7) is 1.96. The zero-order valence-electron chi connectivity index (χ0n) is 34.2. The molecule has 12 rings (SSSR count). The molecule has 10 aromatic carbocycles. The second kappa shape index (κ2) is 14.1. The number of aromatic nitrogens is 2. The fourth-order valence-electron chi connectivity index (χ4n) is 9.96. The number of fused-ring (bicyclic) bond motifs is 8. The van der Waals surface area contributed by atoms with Crippen molar-refractivity contribution in [3.8, 4) is 44.8 Å². The van der Waals surface area contributed by atoms with Gasteiger partial charge in [0.25, 0.3) is 0 Å². The standard InChI is InChI=1S/C58H37F3N2/c1-36-19-30-53-49(33-36)51-35-41(58(59,60)61)25-32-55(51)63(53)42-26-20-37(21-27-42)40-24-31-54-50(34-40)44-13-9-10-18-52(44)62(54)43-28-22-39(23-29-43)57-47-16-7-5-14-45(47)56(38-11-3-2-4-12-38)46-15-6-8-17-48(46)57/h2-35H,1H3. The first-order valence-corrected chi connectivity index (χ1v) is 21.2. The SMILES string of the molecule is Cc1ccc2c(c1)c1cc(C(F)(F)F)ccc1n2-c1ccc(-c2ccc3c(c2)c2ccccc2n3-c2ccc(-c3c4ccccc4c(-c4ccccc4)c4ccccc34)cc2)cc1. The highest BCUT2D eigenvalue weighted by Gasteiger charge is 2.31. The van der Waals surface area contributed by atoms with Gasteiger partial charge < -0.3 is 9.13 Å². The second-order valence-corrected chi connectivity index (χ2v) is 16.5. The molecule has 0 aliphatic carbocycles. The molecule has 0 saturated heterocycles. The lowest BCUT2D eigenvalue weighted by atomic mass is 9.86. The van der Waals surface area contributed by atoms with Crippen LogP contribution in [0.5, 0.6) is 0 Å². The van der Waals surface area contributed by atoms with Crippen molar-refractivity contribution in [2.75, 3.05) is 0 Å². The summed E-state index contributed by atoms with van der Waals surface area (Å²) in [5.41, 5.74) is 13.2. The van der Waals surface area contributed by atoms with E-state index in [0.717, 1.165) is 60.9 Å². The molecular weight excluding hydrogens is 782 g/mol. The summed E-state index contributed by atoms with van der Waals surface area (Å²) in [7, 11) is 0. The molecule has 0 amide bonds. The summed E-state index contributed by atoms with van der Waals surface area (Å²) >= 11 is 0. The highest BCUT2D eigenvalue weighted by molar-refractivity contribution is 6.21. The van der Waals surface area contributed by atoms with Crippen LogP contribution >= 0.6 is 0 Å². The lowest BCUT2D eigenvalue weighted by Crippen LogP contribution is -2.04. The van der Waals surface area contributed by atoms with Crippen molar-refractivity contribution in [1.29, 1.82) is 0 Å². The van der Waals surface area contributed by atoms with Crippen molar-refractivity contribution in [3.63, 3.8) is 0 Å². The van der Waals surface area contributed by atoms with E-state index in [4.69, 9.17) is 0 Å². The van der Waals surface area contributed by atoms with E-state index in [-0.39, 0.29) is 0 Å². The van der Waals surface area contributed by atoms with Gasteiger partial charge in [-0.1, -0.05) is 139 Å². The van der Waals surface area contributed by atoms with Crippen LogP contribution in [0.3, 0.4) is 0 Å². The maximum absolute atomic E-state index is 13.8. The molecule has 0 saturated carbocycles. The average molecular weight is 819 g/mol. The quantitative estimate of drug-likeness (QED) is 0.153. The van der Waals surface area contributed by atoms with Gasteiger partial charge in [0.05, 0.1) is 27.6 Å². The zero-order valence-corrected chi connectivity index (χ0v) is 34.2. The Bertz CT molecular complexity index is 3700. The molecule has 12 aromatic rings. The van der Waals surface area contributed by atoms with Crippen LogP contribution in [0.15, 0.2) is 206 Å². The van der Waals surface area contributed by atoms with Gasteiger partial charge in [-0.15, -0.1) is 0 Å². The smallest absolute Gasteiger partial charge is 0.309 e. The van der Waals surface area contributed by atoms with Crippen LogP contribution in [0.25, 0.3) is 110 Å². The minimum atomic E-state index is -4.42. The molecule has 0 atom stereocenters. The van der Waals surface area contributed by atoms with E-state index in [9.17, 15) is 13.2 Å². The number of aryl methyl sites for hydroxylation is 1. The van der Waals surface area contributed by atoms with Crippen molar-refractivity contribution >= 4 is 65.2 Å². The van der Waals surface area contributed by atoms with Gasteiger partial charge >= 0.3 is 6.18 Å². The molecule has 2 heterocycles. The topological polar surface area (TPSA) is 9.86 Å². The van der Waals surface area contributed by atoms with Gasteiger partial charge in [-0.25, -0.2) is 0 Å². The number of alkyl halides is 3. The third-order valence-corrected chi connectivity index (χ3v) is 12.8. The first kappa shape index (κ1) is 36.9. The van der Waals surface area contributed by atoms with Gasteiger partial charge in [0, 0.05) is 32.9 Å². The molecule has 63 heavy (non-hydrogen) atoms. The van der Waals surface area contributed by atoms with Crippen LogP contribution in [-0.4, -0.2) is 9.13 Å². The molecular formula is C58H37F3N2. The Morgan fingerprint density at radius 2 is 0.730 bits per heavy atom. The molecule has 300 valence electrons. The van der Waals surface area contributed by atoms with E-state index in [2.05, 4.69) is 179 Å². The number of halogens is 3. The van der Waals surface area contributed by atoms with Crippen LogP contribution in [-0.2, 0) is 6.18 Å². The monoisotopic (exact) mass is 818 g/mol. The average Bonchev–Trinajstić information content (AvgIpc) is 3.82. The second-order valence-electron chi connectivity index (χ2n) is 16.5. The largest absolute Gasteiger partial charge is 0.416 e. The molecule has 0 bridgehead atoms. The molecule has 0 aliphatic heterocycles. The predicted molar refractivity (Wildman–Crippen MR) is 256 cm³/mol. The normalized spacial score (nSPS) is 12.1. The van der Waals surface area contributed by atoms with E-state index in [1.54, 1.807) is 6.07 Å². The Morgan fingerprint density at radius 1 is 0.317 bits per heavy atom. The summed E-state index contributed by atoms with van der Waals surface area (Å²) in [6, 6.07) is 70.7. The Morgan fingerprint density at radius 3 is 1.30 bits per heavy atom. The van der Waals surface area contributed by atoms with Crippen molar-refractivity contribution in [1.82, 2.24) is 9.13 Å². The van der Waals surface area contributed by atoms with Gasteiger partial charge in [-0.2, -0.15) is 13.2 Å². The fourth-order valence-corrected chi connectivity index (χ4v) is 9.96. The van der Waals surface area contributed by atoms with Crippen molar-refractivity contribution < 1.29 is 13.2 Å². The third kappa shape index (κ3) is 5.88. The molecule has 0 aliphatic rings. The van der Waals surface area contributed by atoms with E-state index in [1.165, 1.54) is 61.3 Å². The van der Waals surface area contributed by atoms with Crippen LogP contribution < -0.4 is 0 Å².